The van der Waals surface area contributed by atoms with E-state index in [-0.39, 0.29) is 37.3 Å². The number of nitrogens with zero attached hydrogens (tertiary/aromatic N) is 2. The Hall–Kier alpha value is -4.40. The molecule has 1 aromatic carbocycles. The summed E-state index contributed by atoms with van der Waals surface area (Å²) in [5.41, 5.74) is -1.52. The fourth-order valence-electron chi connectivity index (χ4n) is 9.38. The van der Waals surface area contributed by atoms with Crippen molar-refractivity contribution < 1.29 is 41.8 Å². The average Bonchev–Trinajstić information content (AvgIpc) is 4.14. The van der Waals surface area contributed by atoms with Gasteiger partial charge in [-0.3, -0.25) is 19.1 Å². The van der Waals surface area contributed by atoms with E-state index in [1.54, 1.807) is 13.1 Å². The van der Waals surface area contributed by atoms with Crippen molar-refractivity contribution in [3.63, 3.8) is 0 Å². The molecular formula is C43H57N5O9S. The summed E-state index contributed by atoms with van der Waals surface area (Å²) in [6, 6.07) is 5.45. The number of rotatable bonds is 10. The second kappa shape index (κ2) is 15.6. The van der Waals surface area contributed by atoms with Crippen LogP contribution < -0.4 is 24.8 Å². The van der Waals surface area contributed by atoms with Gasteiger partial charge in [0.15, 0.2) is 0 Å². The van der Waals surface area contributed by atoms with E-state index in [1.165, 1.54) is 11.3 Å². The summed E-state index contributed by atoms with van der Waals surface area (Å²) in [4.78, 5) is 63.1. The van der Waals surface area contributed by atoms with Crippen molar-refractivity contribution in [1.82, 2.24) is 25.2 Å². The number of nitrogens with one attached hydrogen (secondary N) is 3. The number of alkyl carbamates (subject to hydrolysis) is 1. The molecule has 0 bridgehead atoms. The molecule has 10 atom stereocenters. The van der Waals surface area contributed by atoms with E-state index in [0.717, 1.165) is 31.1 Å². The van der Waals surface area contributed by atoms with Gasteiger partial charge in [0.2, 0.25) is 27.7 Å². The van der Waals surface area contributed by atoms with Crippen molar-refractivity contribution in [1.29, 1.82) is 0 Å². The second-order valence-corrected chi connectivity index (χ2v) is 20.4. The zero-order chi connectivity index (χ0) is 41.0. The Morgan fingerprint density at radius 3 is 2.48 bits per heavy atom. The normalized spacial score (nSPS) is 34.6. The van der Waals surface area contributed by atoms with Crippen molar-refractivity contribution >= 4 is 44.6 Å². The van der Waals surface area contributed by atoms with E-state index in [1.807, 2.05) is 50.3 Å². The molecule has 14 nitrogen and oxygen atoms in total. The van der Waals surface area contributed by atoms with E-state index in [2.05, 4.69) is 27.3 Å². The molecule has 0 radical (unpaired) electrons. The van der Waals surface area contributed by atoms with Crippen LogP contribution in [0.5, 0.6) is 11.6 Å². The standard InChI is InChI=1S/C43H57N5O9S/c1-5-16-55-35-23-44-38(33-13-9-8-12-32(33)35)56-31-21-34-37(49)46-43(40(51)47-58(53,54)42(4)14-15-42)22-29(43)11-7-6-10-25(2)17-26(3)36(39(50)48(34)24-31)45-41(52)57-30-19-27-18-28(27)20-30/h7-9,11-13,23,25-31,34,36H,5-6,10,14-22,24H2,1-4H3,(H,45,52)(H,46,49)(H,47,51)/b11-7-/t25-,26-,27-,28+,29?,30+,31-,34+,36+,43-/m1/s1. The third-order valence-corrected chi connectivity index (χ3v) is 15.6. The maximum atomic E-state index is 14.9. The molecule has 4 saturated carbocycles. The Bertz CT molecular complexity index is 2080. The molecule has 2 aromatic rings. The second-order valence-electron chi connectivity index (χ2n) is 18.2. The van der Waals surface area contributed by atoms with Gasteiger partial charge < -0.3 is 29.7 Å². The zero-order valence-corrected chi connectivity index (χ0v) is 34.7. The lowest BCUT2D eigenvalue weighted by atomic mass is 9.88. The molecule has 4 amide bonds. The van der Waals surface area contributed by atoms with Crippen LogP contribution in [0.4, 0.5) is 4.79 Å². The van der Waals surface area contributed by atoms with Crippen molar-refractivity contribution in [2.75, 3.05) is 13.2 Å². The number of carbonyl (C=O) groups excluding carboxylic acids is 4. The quantitative estimate of drug-likeness (QED) is 0.271. The maximum Gasteiger partial charge on any atom is 0.408 e. The van der Waals surface area contributed by atoms with Gasteiger partial charge in [0.1, 0.15) is 35.6 Å². The Morgan fingerprint density at radius 1 is 1.02 bits per heavy atom. The van der Waals surface area contributed by atoms with Gasteiger partial charge >= 0.3 is 6.09 Å². The Morgan fingerprint density at radius 2 is 1.76 bits per heavy atom. The van der Waals surface area contributed by atoms with Crippen LogP contribution in [-0.4, -0.2) is 89.8 Å². The van der Waals surface area contributed by atoms with Crippen LogP contribution in [0.15, 0.2) is 42.6 Å². The van der Waals surface area contributed by atoms with Crippen LogP contribution in [0.2, 0.25) is 0 Å². The molecule has 58 heavy (non-hydrogen) atoms. The molecule has 5 fully saturated rings. The van der Waals surface area contributed by atoms with Gasteiger partial charge in [-0.25, -0.2) is 18.2 Å². The summed E-state index contributed by atoms with van der Waals surface area (Å²) >= 11 is 0. The molecule has 6 aliphatic rings. The number of sulfonamides is 1. The Labute approximate surface area is 340 Å². The molecular weight excluding hydrogens is 763 g/mol. The van der Waals surface area contributed by atoms with Gasteiger partial charge in [-0.05, 0) is 101 Å². The number of pyridine rings is 1. The fraction of sp³-hybridized carbons (Fsp3) is 0.651. The van der Waals surface area contributed by atoms with Gasteiger partial charge in [-0.1, -0.05) is 51.1 Å². The van der Waals surface area contributed by atoms with Crippen molar-refractivity contribution in [3.05, 3.63) is 42.6 Å². The molecule has 1 saturated heterocycles. The fourth-order valence-corrected chi connectivity index (χ4v) is 10.7. The lowest BCUT2D eigenvalue weighted by Crippen LogP contribution is -2.59. The number of benzene rings is 1. The number of ether oxygens (including phenoxy) is 3. The molecule has 314 valence electrons. The topological polar surface area (TPSA) is 182 Å². The summed E-state index contributed by atoms with van der Waals surface area (Å²) in [6.45, 7) is 8.18. The molecule has 3 N–H and O–H groups in total. The number of hydrogen-bond donors (Lipinski definition) is 3. The molecule has 4 aliphatic carbocycles. The van der Waals surface area contributed by atoms with Crippen LogP contribution in [0, 0.1) is 29.6 Å². The summed E-state index contributed by atoms with van der Waals surface area (Å²) in [7, 11) is -4.00. The lowest BCUT2D eigenvalue weighted by molar-refractivity contribution is -0.142. The number of allylic oxidation sites excluding steroid dienone is 1. The van der Waals surface area contributed by atoms with Gasteiger partial charge in [0.05, 0.1) is 24.1 Å². The number of fused-ring (bicyclic) bond motifs is 4. The zero-order valence-electron chi connectivity index (χ0n) is 33.9. The van der Waals surface area contributed by atoms with E-state index in [0.29, 0.717) is 61.1 Å². The van der Waals surface area contributed by atoms with E-state index >= 15 is 0 Å². The minimum Gasteiger partial charge on any atom is -0.491 e. The molecule has 3 heterocycles. The Balaban J connectivity index is 1.10. The van der Waals surface area contributed by atoms with E-state index in [9.17, 15) is 27.6 Å². The highest BCUT2D eigenvalue weighted by molar-refractivity contribution is 7.91. The molecule has 1 unspecified atom stereocenters. The van der Waals surface area contributed by atoms with Crippen LogP contribution in [0.3, 0.4) is 0 Å². The van der Waals surface area contributed by atoms with Crippen molar-refractivity contribution in [2.24, 2.45) is 29.6 Å². The summed E-state index contributed by atoms with van der Waals surface area (Å²) in [5, 5.41) is 7.37. The molecule has 0 spiro atoms. The summed E-state index contributed by atoms with van der Waals surface area (Å²) < 4.78 is 46.1. The van der Waals surface area contributed by atoms with Gasteiger partial charge in [0.25, 0.3) is 5.91 Å². The first-order chi connectivity index (χ1) is 27.7. The number of amides is 4. The first kappa shape index (κ1) is 40.4. The lowest BCUT2D eigenvalue weighted by Gasteiger charge is -2.33. The molecule has 1 aromatic heterocycles. The predicted octanol–water partition coefficient (Wildman–Crippen LogP) is 5.15. The van der Waals surface area contributed by atoms with Crippen LogP contribution in [0.25, 0.3) is 10.8 Å². The highest BCUT2D eigenvalue weighted by atomic mass is 32.2. The van der Waals surface area contributed by atoms with E-state index < -0.39 is 68.2 Å². The van der Waals surface area contributed by atoms with Crippen LogP contribution in [0.1, 0.15) is 98.3 Å². The summed E-state index contributed by atoms with van der Waals surface area (Å²) in [5.74, 6) is -0.290. The summed E-state index contributed by atoms with van der Waals surface area (Å²) in [6.07, 6.45) is 10.9. The van der Waals surface area contributed by atoms with E-state index in [4.69, 9.17) is 14.2 Å². The highest BCUT2D eigenvalue weighted by Crippen LogP contribution is 2.52. The Kier molecular flexibility index (Phi) is 10.9. The van der Waals surface area contributed by atoms with Gasteiger partial charge in [-0.15, -0.1) is 0 Å². The maximum absolute atomic E-state index is 14.9. The number of aromatic nitrogens is 1. The minimum absolute atomic E-state index is 0.00222. The van der Waals surface area contributed by atoms with Gasteiger partial charge in [0, 0.05) is 23.1 Å². The third kappa shape index (κ3) is 8.11. The van der Waals surface area contributed by atoms with Gasteiger partial charge in [-0.2, -0.15) is 0 Å². The number of carbonyl (C=O) groups is 4. The molecule has 8 rings (SSSR count). The van der Waals surface area contributed by atoms with Crippen molar-refractivity contribution in [3.8, 4) is 11.6 Å². The SMILES string of the molecule is CCCOc1cnc(O[C@@H]2C[C@H]3C(=O)N[C@]4(C(=O)NS(=O)(=O)C5(C)CC5)CC4/C=C\CC[C@@H](C)C[C@@H](C)[C@H](NC(=O)O[C@@H]4C[C@@H]5C[C@@H]5C4)C(=O)N3C2)c2ccccc12. The number of hydrogen-bond acceptors (Lipinski definition) is 10. The van der Waals surface area contributed by atoms with Crippen LogP contribution >= 0.6 is 0 Å². The smallest absolute Gasteiger partial charge is 0.408 e. The third-order valence-electron chi connectivity index (χ3n) is 13.5. The highest BCUT2D eigenvalue weighted by Gasteiger charge is 2.63. The molecule has 2 aliphatic heterocycles. The van der Waals surface area contributed by atoms with Crippen molar-refractivity contribution in [2.45, 2.75) is 133 Å². The monoisotopic (exact) mass is 819 g/mol. The first-order valence-corrected chi connectivity index (χ1v) is 22.7. The van der Waals surface area contributed by atoms with Crippen LogP contribution in [-0.2, 0) is 29.1 Å². The molecule has 15 heteroatoms. The predicted molar refractivity (Wildman–Crippen MR) is 215 cm³/mol. The first-order valence-electron chi connectivity index (χ1n) is 21.2. The minimum atomic E-state index is -4.00. The largest absolute Gasteiger partial charge is 0.491 e. The average molecular weight is 820 g/mol.